The number of nitrogens with zero attached hydrogens (tertiary/aromatic N) is 1. The average molecular weight is 494 g/mol. The smallest absolute Gasteiger partial charge is 0.262 e. The molecule has 2 amide bonds. The first-order valence-corrected chi connectivity index (χ1v) is 11.9. The van der Waals surface area contributed by atoms with E-state index in [-0.39, 0.29) is 18.4 Å². The quantitative estimate of drug-likeness (QED) is 0.291. The Morgan fingerprint density at radius 2 is 1.60 bits per heavy atom. The Hall–Kier alpha value is -3.98. The van der Waals surface area contributed by atoms with Gasteiger partial charge in [-0.3, -0.25) is 9.59 Å². The molecule has 0 unspecified atom stereocenters. The maximum atomic E-state index is 12.1. The van der Waals surface area contributed by atoms with E-state index < -0.39 is 0 Å². The van der Waals surface area contributed by atoms with Crippen molar-refractivity contribution in [2.75, 3.05) is 31.9 Å². The Bertz CT molecular complexity index is 1130. The molecule has 3 aromatic carbocycles. The second kappa shape index (κ2) is 13.7. The molecule has 0 heterocycles. The van der Waals surface area contributed by atoms with Gasteiger partial charge in [-0.15, -0.1) is 11.8 Å². The summed E-state index contributed by atoms with van der Waals surface area (Å²) >= 11 is 1.50. The summed E-state index contributed by atoms with van der Waals surface area (Å²) < 4.78 is 15.9. The molecule has 0 aliphatic rings. The van der Waals surface area contributed by atoms with Crippen LogP contribution in [0.5, 0.6) is 17.2 Å². The van der Waals surface area contributed by atoms with Crippen molar-refractivity contribution in [1.29, 1.82) is 0 Å². The standard InChI is InChI=1S/C26H27N3O5S/c1-32-21-11-9-20(10-12-21)17-35-18-26(31)29-27-15-19-7-13-22(14-8-19)34-16-25(30)28-23-5-3-4-6-24(23)33-2/h3-15H,16-18H2,1-2H3,(H,28,30)(H,29,31)/b27-15-. The van der Waals surface area contributed by atoms with Gasteiger partial charge in [-0.1, -0.05) is 24.3 Å². The van der Waals surface area contributed by atoms with Crippen molar-refractivity contribution in [3.63, 3.8) is 0 Å². The number of thioether (sulfide) groups is 1. The Morgan fingerprint density at radius 1 is 0.886 bits per heavy atom. The molecule has 0 saturated heterocycles. The lowest BCUT2D eigenvalue weighted by Crippen LogP contribution is -2.20. The Kier molecular flexibility index (Phi) is 10.0. The van der Waals surface area contributed by atoms with E-state index in [9.17, 15) is 9.59 Å². The van der Waals surface area contributed by atoms with E-state index in [1.54, 1.807) is 56.8 Å². The number of para-hydroxylation sites is 2. The lowest BCUT2D eigenvalue weighted by molar-refractivity contribution is -0.119. The van der Waals surface area contributed by atoms with Gasteiger partial charge in [-0.25, -0.2) is 5.43 Å². The molecule has 0 aromatic heterocycles. The van der Waals surface area contributed by atoms with Gasteiger partial charge in [0, 0.05) is 5.75 Å². The van der Waals surface area contributed by atoms with E-state index >= 15 is 0 Å². The molecule has 35 heavy (non-hydrogen) atoms. The van der Waals surface area contributed by atoms with Crippen molar-refractivity contribution in [3.05, 3.63) is 83.9 Å². The maximum Gasteiger partial charge on any atom is 0.262 e. The topological polar surface area (TPSA) is 98.3 Å². The summed E-state index contributed by atoms with van der Waals surface area (Å²) in [5.41, 5.74) is 5.00. The van der Waals surface area contributed by atoms with Crippen LogP contribution in [0.2, 0.25) is 0 Å². The van der Waals surface area contributed by atoms with E-state index in [2.05, 4.69) is 15.8 Å². The minimum atomic E-state index is -0.298. The molecular weight excluding hydrogens is 466 g/mol. The van der Waals surface area contributed by atoms with Crippen molar-refractivity contribution in [1.82, 2.24) is 5.43 Å². The second-order valence-corrected chi connectivity index (χ2v) is 8.23. The minimum Gasteiger partial charge on any atom is -0.497 e. The van der Waals surface area contributed by atoms with Gasteiger partial charge in [0.15, 0.2) is 6.61 Å². The van der Waals surface area contributed by atoms with Crippen LogP contribution >= 0.6 is 11.8 Å². The summed E-state index contributed by atoms with van der Waals surface area (Å²) in [6.07, 6.45) is 1.55. The first kappa shape index (κ1) is 25.6. The summed E-state index contributed by atoms with van der Waals surface area (Å²) in [7, 11) is 3.17. The monoisotopic (exact) mass is 493 g/mol. The lowest BCUT2D eigenvalue weighted by Gasteiger charge is -2.10. The van der Waals surface area contributed by atoms with Gasteiger partial charge in [0.05, 0.1) is 31.9 Å². The molecule has 182 valence electrons. The van der Waals surface area contributed by atoms with Crippen LogP contribution < -0.4 is 25.0 Å². The number of ether oxygens (including phenoxy) is 3. The van der Waals surface area contributed by atoms with Crippen LogP contribution in [0.1, 0.15) is 11.1 Å². The van der Waals surface area contributed by atoms with E-state index in [1.807, 2.05) is 36.4 Å². The summed E-state index contributed by atoms with van der Waals surface area (Å²) in [6, 6.07) is 21.9. The number of carbonyl (C=O) groups excluding carboxylic acids is 2. The molecule has 2 N–H and O–H groups in total. The number of hydrogen-bond donors (Lipinski definition) is 2. The van der Waals surface area contributed by atoms with Crippen LogP contribution in [0.4, 0.5) is 5.69 Å². The Labute approximate surface area is 208 Å². The molecule has 0 radical (unpaired) electrons. The number of nitrogens with one attached hydrogen (secondary N) is 2. The molecule has 9 heteroatoms. The molecule has 3 rings (SSSR count). The zero-order chi connectivity index (χ0) is 24.9. The van der Waals surface area contributed by atoms with Gasteiger partial charge in [0.2, 0.25) is 5.91 Å². The van der Waals surface area contributed by atoms with Crippen LogP contribution in [-0.4, -0.2) is 44.6 Å². The van der Waals surface area contributed by atoms with Crippen LogP contribution in [0.15, 0.2) is 77.9 Å². The van der Waals surface area contributed by atoms with Crippen molar-refractivity contribution in [3.8, 4) is 17.2 Å². The van der Waals surface area contributed by atoms with E-state index in [0.29, 0.717) is 22.9 Å². The molecule has 0 saturated carbocycles. The molecule has 0 atom stereocenters. The number of anilines is 1. The molecule has 8 nitrogen and oxygen atoms in total. The van der Waals surface area contributed by atoms with Crippen LogP contribution in [-0.2, 0) is 15.3 Å². The predicted octanol–water partition coefficient (Wildman–Crippen LogP) is 4.10. The van der Waals surface area contributed by atoms with Gasteiger partial charge >= 0.3 is 0 Å². The van der Waals surface area contributed by atoms with Crippen LogP contribution in [0.3, 0.4) is 0 Å². The highest BCUT2D eigenvalue weighted by Crippen LogP contribution is 2.23. The minimum absolute atomic E-state index is 0.143. The fourth-order valence-electron chi connectivity index (χ4n) is 2.93. The highest BCUT2D eigenvalue weighted by atomic mass is 32.2. The zero-order valence-corrected chi connectivity index (χ0v) is 20.3. The lowest BCUT2D eigenvalue weighted by atomic mass is 10.2. The van der Waals surface area contributed by atoms with Crippen molar-refractivity contribution in [2.24, 2.45) is 5.10 Å². The number of hydrazone groups is 1. The molecule has 0 bridgehead atoms. The number of hydrogen-bond acceptors (Lipinski definition) is 7. The zero-order valence-electron chi connectivity index (χ0n) is 19.5. The molecular formula is C26H27N3O5S. The van der Waals surface area contributed by atoms with E-state index in [4.69, 9.17) is 14.2 Å². The van der Waals surface area contributed by atoms with Gasteiger partial charge in [-0.05, 0) is 59.7 Å². The maximum absolute atomic E-state index is 12.1. The summed E-state index contributed by atoms with van der Waals surface area (Å²) in [4.78, 5) is 24.1. The van der Waals surface area contributed by atoms with Gasteiger partial charge < -0.3 is 19.5 Å². The summed E-state index contributed by atoms with van der Waals surface area (Å²) in [5.74, 6) is 2.46. The van der Waals surface area contributed by atoms with Crippen LogP contribution in [0.25, 0.3) is 0 Å². The fraction of sp³-hybridized carbons (Fsp3) is 0.192. The highest BCUT2D eigenvalue weighted by molar-refractivity contribution is 7.99. The number of carbonyl (C=O) groups is 2. The molecule has 3 aromatic rings. The van der Waals surface area contributed by atoms with Crippen molar-refractivity contribution < 1.29 is 23.8 Å². The second-order valence-electron chi connectivity index (χ2n) is 7.24. The first-order valence-electron chi connectivity index (χ1n) is 10.8. The Morgan fingerprint density at radius 3 is 2.31 bits per heavy atom. The van der Waals surface area contributed by atoms with Crippen LogP contribution in [0, 0.1) is 0 Å². The van der Waals surface area contributed by atoms with Gasteiger partial charge in [0.25, 0.3) is 5.91 Å². The van der Waals surface area contributed by atoms with Gasteiger partial charge in [0.1, 0.15) is 17.2 Å². The third kappa shape index (κ3) is 8.71. The summed E-state index contributed by atoms with van der Waals surface area (Å²) in [5, 5.41) is 6.74. The van der Waals surface area contributed by atoms with Crippen molar-refractivity contribution >= 4 is 35.5 Å². The molecule has 0 aliphatic heterocycles. The fourth-order valence-corrected chi connectivity index (χ4v) is 3.71. The number of methoxy groups -OCH3 is 2. The SMILES string of the molecule is COc1ccc(CSCC(=O)N/N=C\c2ccc(OCC(=O)Nc3ccccc3OC)cc2)cc1. The Balaban J connectivity index is 1.36. The normalized spacial score (nSPS) is 10.6. The van der Waals surface area contributed by atoms with E-state index in [0.717, 1.165) is 22.6 Å². The first-order chi connectivity index (χ1) is 17.1. The largest absolute Gasteiger partial charge is 0.497 e. The van der Waals surface area contributed by atoms with Gasteiger partial charge in [-0.2, -0.15) is 5.10 Å². The summed E-state index contributed by atoms with van der Waals surface area (Å²) in [6.45, 7) is -0.143. The van der Waals surface area contributed by atoms with E-state index in [1.165, 1.54) is 11.8 Å². The molecule has 0 aliphatic carbocycles. The number of amides is 2. The molecule has 0 spiro atoms. The highest BCUT2D eigenvalue weighted by Gasteiger charge is 2.08. The predicted molar refractivity (Wildman–Crippen MR) is 138 cm³/mol. The third-order valence-electron chi connectivity index (χ3n) is 4.69. The average Bonchev–Trinajstić information content (AvgIpc) is 2.89. The number of rotatable bonds is 12. The number of benzene rings is 3. The third-order valence-corrected chi connectivity index (χ3v) is 5.70. The molecule has 0 fully saturated rings. The van der Waals surface area contributed by atoms with Crippen molar-refractivity contribution in [2.45, 2.75) is 5.75 Å².